The number of nitrogens with zero attached hydrogens (tertiary/aromatic N) is 1. The molecule has 0 amide bonds. The highest BCUT2D eigenvalue weighted by Gasteiger charge is 2.07. The Kier molecular flexibility index (Phi) is 4.12. The summed E-state index contributed by atoms with van der Waals surface area (Å²) < 4.78 is 10.7. The van der Waals surface area contributed by atoms with Gasteiger partial charge in [-0.1, -0.05) is 12.7 Å². The van der Waals surface area contributed by atoms with Crippen LogP contribution in [0, 0.1) is 0 Å². The first-order valence-corrected chi connectivity index (χ1v) is 5.01. The second-order valence-electron chi connectivity index (χ2n) is 3.87. The third kappa shape index (κ3) is 3.22. The highest BCUT2D eigenvalue weighted by atomic mass is 16.5. The van der Waals surface area contributed by atoms with Crippen LogP contribution >= 0.6 is 0 Å². The maximum Gasteiger partial charge on any atom is 0.133 e. The zero-order valence-corrected chi connectivity index (χ0v) is 9.91. The Balaban J connectivity index is 2.96. The molecule has 3 heteroatoms. The molecule has 0 saturated heterocycles. The number of hydrogen-bond donors (Lipinski definition) is 0. The molecule has 1 rings (SSSR count). The Morgan fingerprint density at radius 3 is 2.80 bits per heavy atom. The van der Waals surface area contributed by atoms with Crippen LogP contribution in [0.15, 0.2) is 10.5 Å². The van der Waals surface area contributed by atoms with Crippen molar-refractivity contribution in [3.63, 3.8) is 0 Å². The van der Waals surface area contributed by atoms with Crippen molar-refractivity contribution in [3.05, 3.63) is 22.5 Å². The van der Waals surface area contributed by atoms with Crippen molar-refractivity contribution in [1.82, 2.24) is 4.90 Å². The molecule has 1 aromatic heterocycles. The lowest BCUT2D eigenvalue weighted by Crippen LogP contribution is -2.21. The molecule has 15 heavy (non-hydrogen) atoms. The third-order valence-corrected chi connectivity index (χ3v) is 2.29. The number of hydrogen-bond acceptors (Lipinski definition) is 3. The minimum atomic E-state index is -0.0213. The van der Waals surface area contributed by atoms with Gasteiger partial charge in [0.05, 0.1) is 0 Å². The number of rotatable bonds is 4. The van der Waals surface area contributed by atoms with E-state index in [0.29, 0.717) is 5.42 Å². The molecule has 0 aliphatic carbocycles. The fraction of sp³-hybridized carbons (Fsp3) is 0.500. The highest BCUT2D eigenvalue weighted by Crippen LogP contribution is 2.11. The van der Waals surface area contributed by atoms with Gasteiger partial charge in [0.1, 0.15) is 17.3 Å². The van der Waals surface area contributed by atoms with E-state index in [0.717, 1.165) is 17.5 Å². The molecule has 0 fully saturated rings. The van der Waals surface area contributed by atoms with Gasteiger partial charge in [-0.25, -0.2) is 0 Å². The van der Waals surface area contributed by atoms with E-state index in [2.05, 4.69) is 17.6 Å². The van der Waals surface area contributed by atoms with E-state index < -0.39 is 0 Å². The molecule has 1 heterocycles. The van der Waals surface area contributed by atoms with Crippen molar-refractivity contribution < 1.29 is 9.15 Å². The Bertz CT molecular complexity index is 406. The van der Waals surface area contributed by atoms with Crippen molar-refractivity contribution >= 4 is 12.7 Å². The fourth-order valence-electron chi connectivity index (χ4n) is 1.23. The van der Waals surface area contributed by atoms with Crippen LogP contribution in [0.25, 0.3) is 12.7 Å². The molecule has 0 bridgehead atoms. The van der Waals surface area contributed by atoms with Crippen LogP contribution in [-0.2, 0) is 4.74 Å². The van der Waals surface area contributed by atoms with Crippen molar-refractivity contribution in [2.45, 2.75) is 13.0 Å². The van der Waals surface area contributed by atoms with Gasteiger partial charge >= 0.3 is 0 Å². The van der Waals surface area contributed by atoms with Gasteiger partial charge in [-0.2, -0.15) is 0 Å². The molecule has 84 valence electrons. The molecule has 0 aliphatic rings. The smallest absolute Gasteiger partial charge is 0.133 e. The van der Waals surface area contributed by atoms with E-state index in [1.54, 1.807) is 7.11 Å². The lowest BCUT2D eigenvalue weighted by molar-refractivity contribution is 0.0984. The van der Waals surface area contributed by atoms with Crippen molar-refractivity contribution in [3.8, 4) is 0 Å². The quantitative estimate of drug-likeness (QED) is 0.731. The van der Waals surface area contributed by atoms with Crippen molar-refractivity contribution in [2.24, 2.45) is 0 Å². The Morgan fingerprint density at radius 1 is 1.60 bits per heavy atom. The molecule has 0 spiro atoms. The van der Waals surface area contributed by atoms with Crippen LogP contribution in [0.4, 0.5) is 0 Å². The van der Waals surface area contributed by atoms with Crippen LogP contribution in [0.2, 0.25) is 0 Å². The summed E-state index contributed by atoms with van der Waals surface area (Å²) in [6.07, 6.45) is 2.07. The van der Waals surface area contributed by atoms with Crippen LogP contribution in [0.3, 0.4) is 0 Å². The molecule has 3 nitrogen and oxygen atoms in total. The Labute approximate surface area is 90.6 Å². The summed E-state index contributed by atoms with van der Waals surface area (Å²) in [5, 5.41) is 1.04. The molecule has 1 atom stereocenters. The summed E-state index contributed by atoms with van der Waals surface area (Å²) in [6.45, 7) is 6.69. The van der Waals surface area contributed by atoms with Crippen LogP contribution < -0.4 is 10.6 Å². The molecule has 0 N–H and O–H groups in total. The van der Waals surface area contributed by atoms with Crippen molar-refractivity contribution in [2.75, 3.05) is 27.7 Å². The van der Waals surface area contributed by atoms with E-state index in [1.807, 2.05) is 27.1 Å². The van der Waals surface area contributed by atoms with Gasteiger partial charge in [0, 0.05) is 18.9 Å². The predicted molar refractivity (Wildman–Crippen MR) is 61.9 cm³/mol. The number of methoxy groups -OCH3 is 1. The maximum atomic E-state index is 5.51. The molecule has 0 radical (unpaired) electrons. The fourth-order valence-corrected chi connectivity index (χ4v) is 1.23. The molecule has 1 unspecified atom stereocenters. The second-order valence-corrected chi connectivity index (χ2v) is 3.87. The monoisotopic (exact) mass is 209 g/mol. The standard InChI is InChI=1S/C12H19NO2/c1-9-11(6-7-13(3)4)8-12(15-9)10(2)14-5/h6,8,10H,1,7H2,2-5H3. The minimum Gasteiger partial charge on any atom is -0.459 e. The van der Waals surface area contributed by atoms with Crippen LogP contribution in [0.5, 0.6) is 0 Å². The second kappa shape index (κ2) is 5.14. The summed E-state index contributed by atoms with van der Waals surface area (Å²) in [7, 11) is 5.72. The molecule has 0 aliphatic heterocycles. The Morgan fingerprint density at radius 2 is 2.27 bits per heavy atom. The van der Waals surface area contributed by atoms with E-state index >= 15 is 0 Å². The zero-order chi connectivity index (χ0) is 11.4. The predicted octanol–water partition coefficient (Wildman–Crippen LogP) is 0.739. The van der Waals surface area contributed by atoms with Crippen molar-refractivity contribution in [1.29, 1.82) is 0 Å². The van der Waals surface area contributed by atoms with Gasteiger partial charge in [-0.3, -0.25) is 0 Å². The normalized spacial score (nSPS) is 14.9. The maximum absolute atomic E-state index is 5.51. The third-order valence-electron chi connectivity index (χ3n) is 2.29. The van der Waals surface area contributed by atoms with E-state index in [4.69, 9.17) is 9.15 Å². The van der Waals surface area contributed by atoms with Gasteiger partial charge in [0.25, 0.3) is 0 Å². The lowest BCUT2D eigenvalue weighted by atomic mass is 10.3. The SMILES string of the molecule is C=c1oc(C(C)OC)cc1=CCN(C)C. The molecular formula is C12H19NO2. The first-order chi connectivity index (χ1) is 7.04. The summed E-state index contributed by atoms with van der Waals surface area (Å²) in [4.78, 5) is 2.09. The molecular weight excluding hydrogens is 190 g/mol. The first kappa shape index (κ1) is 12.0. The van der Waals surface area contributed by atoms with E-state index in [1.165, 1.54) is 0 Å². The first-order valence-electron chi connectivity index (χ1n) is 5.01. The summed E-state index contributed by atoms with van der Waals surface area (Å²) in [6, 6.07) is 1.99. The van der Waals surface area contributed by atoms with Gasteiger partial charge in [0.15, 0.2) is 0 Å². The minimum absolute atomic E-state index is 0.0213. The van der Waals surface area contributed by atoms with Gasteiger partial charge in [-0.15, -0.1) is 0 Å². The van der Waals surface area contributed by atoms with Crippen LogP contribution in [-0.4, -0.2) is 32.6 Å². The number of ether oxygens (including phenoxy) is 1. The molecule has 0 saturated carbocycles. The summed E-state index contributed by atoms with van der Waals surface area (Å²) >= 11 is 0. The largest absolute Gasteiger partial charge is 0.459 e. The topological polar surface area (TPSA) is 25.6 Å². The number of furan rings is 1. The summed E-state index contributed by atoms with van der Waals surface area (Å²) in [5.74, 6) is 0.826. The average Bonchev–Trinajstić information content (AvgIpc) is 2.55. The van der Waals surface area contributed by atoms with Gasteiger partial charge < -0.3 is 14.1 Å². The van der Waals surface area contributed by atoms with E-state index in [-0.39, 0.29) is 6.10 Å². The lowest BCUT2D eigenvalue weighted by Gasteiger charge is -2.03. The Hall–Kier alpha value is -1.06. The summed E-state index contributed by atoms with van der Waals surface area (Å²) in [5.41, 5.74) is 0.704. The van der Waals surface area contributed by atoms with E-state index in [9.17, 15) is 0 Å². The van der Waals surface area contributed by atoms with Crippen LogP contribution in [0.1, 0.15) is 18.8 Å². The highest BCUT2D eigenvalue weighted by molar-refractivity contribution is 5.26. The average molecular weight is 209 g/mol. The molecule has 1 aromatic rings. The van der Waals surface area contributed by atoms with Gasteiger partial charge in [-0.05, 0) is 27.1 Å². The molecule has 0 aromatic carbocycles. The zero-order valence-electron chi connectivity index (χ0n) is 9.91. The van der Waals surface area contributed by atoms with Gasteiger partial charge in [0.2, 0.25) is 0 Å².